The molecule has 1 amide bonds. The van der Waals surface area contributed by atoms with Gasteiger partial charge in [0.25, 0.3) is 5.91 Å². The first-order chi connectivity index (χ1) is 12.1. The zero-order valence-electron chi connectivity index (χ0n) is 13.7. The van der Waals surface area contributed by atoms with Gasteiger partial charge in [0.15, 0.2) is 0 Å². The lowest BCUT2D eigenvalue weighted by Gasteiger charge is -2.18. The Hall–Kier alpha value is -3.41. The predicted molar refractivity (Wildman–Crippen MR) is 92.5 cm³/mol. The maximum absolute atomic E-state index is 12.8. The van der Waals surface area contributed by atoms with Crippen LogP contribution >= 0.6 is 0 Å². The molecule has 0 fully saturated rings. The van der Waals surface area contributed by atoms with Crippen molar-refractivity contribution in [3.05, 3.63) is 78.2 Å². The molecule has 6 nitrogen and oxygen atoms in total. The number of ether oxygens (including phenoxy) is 1. The van der Waals surface area contributed by atoms with Gasteiger partial charge >= 0.3 is 0 Å². The van der Waals surface area contributed by atoms with Crippen molar-refractivity contribution in [3.63, 3.8) is 0 Å². The molecule has 1 N–H and O–H groups in total. The van der Waals surface area contributed by atoms with E-state index in [1.807, 2.05) is 6.07 Å². The third kappa shape index (κ3) is 4.11. The van der Waals surface area contributed by atoms with Gasteiger partial charge in [0.2, 0.25) is 5.88 Å². The number of rotatable bonds is 5. The van der Waals surface area contributed by atoms with Gasteiger partial charge < -0.3 is 14.7 Å². The fourth-order valence-electron chi connectivity index (χ4n) is 2.36. The SMILES string of the molecule is CN(Cc1cccc(O)c1)C(=O)c1cccnc1Oc1cccnc1. The third-order valence-corrected chi connectivity index (χ3v) is 3.53. The summed E-state index contributed by atoms with van der Waals surface area (Å²) in [4.78, 5) is 22.5. The average molecular weight is 335 g/mol. The summed E-state index contributed by atoms with van der Waals surface area (Å²) in [5.74, 6) is 0.671. The summed E-state index contributed by atoms with van der Waals surface area (Å²) in [6, 6.07) is 13.6. The molecule has 2 heterocycles. The normalized spacial score (nSPS) is 10.3. The van der Waals surface area contributed by atoms with Gasteiger partial charge in [-0.3, -0.25) is 9.78 Å². The van der Waals surface area contributed by atoms with Gasteiger partial charge in [0.1, 0.15) is 17.1 Å². The summed E-state index contributed by atoms with van der Waals surface area (Å²) in [5.41, 5.74) is 1.18. The number of carbonyl (C=O) groups is 1. The molecule has 126 valence electrons. The molecule has 0 radical (unpaired) electrons. The molecule has 3 aromatic rings. The topological polar surface area (TPSA) is 75.5 Å². The smallest absolute Gasteiger partial charge is 0.259 e. The number of hydrogen-bond acceptors (Lipinski definition) is 5. The number of carbonyl (C=O) groups excluding carboxylic acids is 1. The van der Waals surface area contributed by atoms with Crippen molar-refractivity contribution in [1.29, 1.82) is 0 Å². The molecule has 2 aromatic heterocycles. The molecule has 0 saturated carbocycles. The van der Waals surface area contributed by atoms with Gasteiger partial charge in [-0.2, -0.15) is 0 Å². The summed E-state index contributed by atoms with van der Waals surface area (Å²) in [7, 11) is 1.69. The molecular weight excluding hydrogens is 318 g/mol. The number of benzene rings is 1. The number of aromatic hydroxyl groups is 1. The van der Waals surface area contributed by atoms with Crippen LogP contribution in [0.3, 0.4) is 0 Å². The van der Waals surface area contributed by atoms with Crippen molar-refractivity contribution < 1.29 is 14.6 Å². The second-order valence-corrected chi connectivity index (χ2v) is 5.48. The van der Waals surface area contributed by atoms with Crippen LogP contribution in [0.4, 0.5) is 0 Å². The minimum atomic E-state index is -0.227. The van der Waals surface area contributed by atoms with Gasteiger partial charge in [-0.15, -0.1) is 0 Å². The van der Waals surface area contributed by atoms with E-state index in [2.05, 4.69) is 9.97 Å². The summed E-state index contributed by atoms with van der Waals surface area (Å²) < 4.78 is 5.69. The number of amides is 1. The van der Waals surface area contributed by atoms with Crippen LogP contribution < -0.4 is 4.74 Å². The highest BCUT2D eigenvalue weighted by molar-refractivity contribution is 5.96. The molecule has 1 aromatic carbocycles. The van der Waals surface area contributed by atoms with E-state index in [1.54, 1.807) is 73.0 Å². The van der Waals surface area contributed by atoms with Crippen LogP contribution in [0.25, 0.3) is 0 Å². The molecule has 3 rings (SSSR count). The highest BCUT2D eigenvalue weighted by atomic mass is 16.5. The Labute approximate surface area is 145 Å². The quantitative estimate of drug-likeness (QED) is 0.774. The van der Waals surface area contributed by atoms with Crippen molar-refractivity contribution in [1.82, 2.24) is 14.9 Å². The number of phenols is 1. The van der Waals surface area contributed by atoms with Gasteiger partial charge in [0.05, 0.1) is 6.20 Å². The molecule has 0 spiro atoms. The van der Waals surface area contributed by atoms with Crippen molar-refractivity contribution in [2.45, 2.75) is 6.54 Å². The monoisotopic (exact) mass is 335 g/mol. The summed E-state index contributed by atoms with van der Waals surface area (Å²) in [6.07, 6.45) is 4.76. The number of phenolic OH excluding ortho intramolecular Hbond substituents is 1. The number of aromatic nitrogens is 2. The van der Waals surface area contributed by atoms with E-state index in [1.165, 1.54) is 0 Å². The Morgan fingerprint density at radius 1 is 1.16 bits per heavy atom. The molecule has 25 heavy (non-hydrogen) atoms. The Kier molecular flexibility index (Phi) is 4.89. The van der Waals surface area contributed by atoms with Crippen LogP contribution in [0, 0.1) is 0 Å². The molecule has 0 aliphatic rings. The maximum Gasteiger partial charge on any atom is 0.259 e. The van der Waals surface area contributed by atoms with E-state index < -0.39 is 0 Å². The van der Waals surface area contributed by atoms with Crippen LogP contribution in [0.1, 0.15) is 15.9 Å². The van der Waals surface area contributed by atoms with E-state index in [0.717, 1.165) is 5.56 Å². The first-order valence-corrected chi connectivity index (χ1v) is 7.70. The zero-order valence-corrected chi connectivity index (χ0v) is 13.7. The standard InChI is InChI=1S/C19H17N3O3/c1-22(13-14-5-2-6-15(23)11-14)19(24)17-8-4-10-21-18(17)25-16-7-3-9-20-12-16/h2-12,23H,13H2,1H3. The molecule has 0 saturated heterocycles. The molecule has 6 heteroatoms. The Morgan fingerprint density at radius 2 is 2.00 bits per heavy atom. The van der Waals surface area contributed by atoms with E-state index in [0.29, 0.717) is 17.9 Å². The molecule has 0 unspecified atom stereocenters. The fraction of sp³-hybridized carbons (Fsp3) is 0.105. The van der Waals surface area contributed by atoms with Gasteiger partial charge in [0, 0.05) is 26.0 Å². The van der Waals surface area contributed by atoms with Crippen LogP contribution in [0.5, 0.6) is 17.4 Å². The Morgan fingerprint density at radius 3 is 2.76 bits per heavy atom. The minimum Gasteiger partial charge on any atom is -0.508 e. The molecule has 0 aliphatic carbocycles. The van der Waals surface area contributed by atoms with E-state index in [9.17, 15) is 9.90 Å². The largest absolute Gasteiger partial charge is 0.508 e. The molecular formula is C19H17N3O3. The first-order valence-electron chi connectivity index (χ1n) is 7.70. The van der Waals surface area contributed by atoms with Gasteiger partial charge in [-0.1, -0.05) is 12.1 Å². The van der Waals surface area contributed by atoms with E-state index in [4.69, 9.17) is 4.74 Å². The highest BCUT2D eigenvalue weighted by Gasteiger charge is 2.18. The molecule has 0 aliphatic heterocycles. The minimum absolute atomic E-state index is 0.167. The second kappa shape index (κ2) is 7.44. The summed E-state index contributed by atoms with van der Waals surface area (Å²) in [6.45, 7) is 0.356. The lowest BCUT2D eigenvalue weighted by molar-refractivity contribution is 0.0781. The van der Waals surface area contributed by atoms with Crippen molar-refractivity contribution in [2.24, 2.45) is 0 Å². The average Bonchev–Trinajstić information content (AvgIpc) is 2.62. The van der Waals surface area contributed by atoms with Crippen molar-refractivity contribution >= 4 is 5.91 Å². The lowest BCUT2D eigenvalue weighted by Crippen LogP contribution is -2.26. The first kappa shape index (κ1) is 16.4. The van der Waals surface area contributed by atoms with Gasteiger partial charge in [-0.25, -0.2) is 4.98 Å². The van der Waals surface area contributed by atoms with Gasteiger partial charge in [-0.05, 0) is 42.0 Å². The number of nitrogens with zero attached hydrogens (tertiary/aromatic N) is 3. The highest BCUT2D eigenvalue weighted by Crippen LogP contribution is 2.23. The van der Waals surface area contributed by atoms with Crippen molar-refractivity contribution in [2.75, 3.05) is 7.05 Å². The van der Waals surface area contributed by atoms with Crippen LogP contribution in [0.2, 0.25) is 0 Å². The Balaban J connectivity index is 1.79. The molecule has 0 atom stereocenters. The zero-order chi connectivity index (χ0) is 17.6. The third-order valence-electron chi connectivity index (χ3n) is 3.53. The number of hydrogen-bond donors (Lipinski definition) is 1. The maximum atomic E-state index is 12.8. The van der Waals surface area contributed by atoms with Crippen LogP contribution in [0.15, 0.2) is 67.1 Å². The summed E-state index contributed by atoms with van der Waals surface area (Å²) in [5, 5.41) is 9.55. The van der Waals surface area contributed by atoms with Crippen LogP contribution in [-0.4, -0.2) is 32.9 Å². The predicted octanol–water partition coefficient (Wildman–Crippen LogP) is 3.25. The summed E-state index contributed by atoms with van der Waals surface area (Å²) >= 11 is 0. The van der Waals surface area contributed by atoms with E-state index in [-0.39, 0.29) is 17.5 Å². The van der Waals surface area contributed by atoms with E-state index >= 15 is 0 Å². The number of pyridine rings is 2. The second-order valence-electron chi connectivity index (χ2n) is 5.48. The molecule has 0 bridgehead atoms. The Bertz CT molecular complexity index is 869. The van der Waals surface area contributed by atoms with Crippen molar-refractivity contribution in [3.8, 4) is 17.4 Å². The lowest BCUT2D eigenvalue weighted by atomic mass is 10.2. The fourth-order valence-corrected chi connectivity index (χ4v) is 2.36. The van der Waals surface area contributed by atoms with Crippen LogP contribution in [-0.2, 0) is 6.54 Å².